The molecular formula is C15H19BrN2O2. The molecule has 5 heteroatoms. The zero-order valence-corrected chi connectivity index (χ0v) is 13.5. The van der Waals surface area contributed by atoms with Gasteiger partial charge >= 0.3 is 0 Å². The van der Waals surface area contributed by atoms with E-state index in [0.717, 1.165) is 10.0 Å². The average molecular weight is 339 g/mol. The van der Waals surface area contributed by atoms with E-state index in [-0.39, 0.29) is 11.8 Å². The van der Waals surface area contributed by atoms with Crippen molar-refractivity contribution in [1.82, 2.24) is 10.1 Å². The number of aliphatic hydroxyl groups excluding tert-OH is 1. The Kier molecular flexibility index (Phi) is 4.94. The molecule has 0 radical (unpaired) electrons. The second-order valence-electron chi connectivity index (χ2n) is 5.37. The summed E-state index contributed by atoms with van der Waals surface area (Å²) >= 11 is 3.44. The van der Waals surface area contributed by atoms with Crippen molar-refractivity contribution in [3.63, 3.8) is 0 Å². The van der Waals surface area contributed by atoms with Gasteiger partial charge in [-0.2, -0.15) is 4.98 Å². The van der Waals surface area contributed by atoms with Gasteiger partial charge in [0.25, 0.3) is 0 Å². The lowest BCUT2D eigenvalue weighted by atomic mass is 9.91. The molecule has 2 rings (SSSR count). The molecule has 1 heterocycles. The van der Waals surface area contributed by atoms with E-state index < -0.39 is 6.10 Å². The smallest absolute Gasteiger partial charge is 0.232 e. The maximum absolute atomic E-state index is 9.84. The molecule has 0 spiro atoms. The number of rotatable bonds is 5. The third kappa shape index (κ3) is 3.67. The van der Waals surface area contributed by atoms with E-state index in [1.165, 1.54) is 0 Å². The minimum Gasteiger partial charge on any atom is -0.393 e. The molecule has 1 N–H and O–H groups in total. The molecule has 1 aromatic carbocycles. The highest BCUT2D eigenvalue weighted by molar-refractivity contribution is 9.10. The minimum atomic E-state index is -0.505. The Morgan fingerprint density at radius 2 is 2.05 bits per heavy atom. The lowest BCUT2D eigenvalue weighted by molar-refractivity contribution is 0.120. The highest BCUT2D eigenvalue weighted by atomic mass is 79.9. The second-order valence-corrected chi connectivity index (χ2v) is 6.28. The van der Waals surface area contributed by atoms with Gasteiger partial charge in [-0.25, -0.2) is 0 Å². The Hall–Kier alpha value is -1.20. The van der Waals surface area contributed by atoms with E-state index >= 15 is 0 Å². The van der Waals surface area contributed by atoms with Gasteiger partial charge in [0.2, 0.25) is 5.89 Å². The maximum Gasteiger partial charge on any atom is 0.232 e. The largest absolute Gasteiger partial charge is 0.393 e. The minimum absolute atomic E-state index is 0.126. The molecule has 1 aromatic heterocycles. The molecule has 0 saturated heterocycles. The summed E-state index contributed by atoms with van der Waals surface area (Å²) < 4.78 is 6.35. The van der Waals surface area contributed by atoms with Crippen LogP contribution in [0.4, 0.5) is 0 Å². The van der Waals surface area contributed by atoms with Crippen molar-refractivity contribution in [2.24, 2.45) is 5.92 Å². The van der Waals surface area contributed by atoms with Gasteiger partial charge in [0, 0.05) is 10.9 Å². The van der Waals surface area contributed by atoms with E-state index in [1.54, 1.807) is 6.92 Å². The topological polar surface area (TPSA) is 59.2 Å². The van der Waals surface area contributed by atoms with E-state index in [1.807, 2.05) is 38.1 Å². The molecule has 2 atom stereocenters. The van der Waals surface area contributed by atoms with Crippen molar-refractivity contribution in [1.29, 1.82) is 0 Å². The van der Waals surface area contributed by atoms with E-state index in [2.05, 4.69) is 26.1 Å². The normalized spacial score (nSPS) is 14.5. The number of hydrogen-bond donors (Lipinski definition) is 1. The Labute approximate surface area is 127 Å². The van der Waals surface area contributed by atoms with E-state index in [0.29, 0.717) is 18.1 Å². The highest BCUT2D eigenvalue weighted by Gasteiger charge is 2.27. The third-order valence-electron chi connectivity index (χ3n) is 3.26. The lowest BCUT2D eigenvalue weighted by Gasteiger charge is -2.19. The molecule has 4 nitrogen and oxygen atoms in total. The van der Waals surface area contributed by atoms with Crippen LogP contribution in [-0.2, 0) is 6.42 Å². The average Bonchev–Trinajstić information content (AvgIpc) is 2.76. The summed E-state index contributed by atoms with van der Waals surface area (Å²) in [7, 11) is 0. The Morgan fingerprint density at radius 3 is 2.65 bits per heavy atom. The van der Waals surface area contributed by atoms with Crippen LogP contribution in [0.1, 0.15) is 44.0 Å². The van der Waals surface area contributed by atoms with Crippen molar-refractivity contribution in [2.45, 2.75) is 39.2 Å². The third-order valence-corrected chi connectivity index (χ3v) is 3.75. The van der Waals surface area contributed by atoms with Crippen LogP contribution in [0.25, 0.3) is 0 Å². The predicted molar refractivity (Wildman–Crippen MR) is 80.5 cm³/mol. The van der Waals surface area contributed by atoms with Crippen LogP contribution in [0.5, 0.6) is 0 Å². The summed E-state index contributed by atoms with van der Waals surface area (Å²) in [5.74, 6) is 1.28. The summed E-state index contributed by atoms with van der Waals surface area (Å²) in [6.45, 7) is 5.83. The van der Waals surface area contributed by atoms with Gasteiger partial charge in [0.15, 0.2) is 5.82 Å². The molecule has 0 saturated carbocycles. The fourth-order valence-electron chi connectivity index (χ4n) is 2.35. The maximum atomic E-state index is 9.84. The van der Waals surface area contributed by atoms with Crippen molar-refractivity contribution >= 4 is 15.9 Å². The lowest BCUT2D eigenvalue weighted by Crippen LogP contribution is -2.20. The van der Waals surface area contributed by atoms with Gasteiger partial charge in [0.1, 0.15) is 0 Å². The fraction of sp³-hybridized carbons (Fsp3) is 0.467. The van der Waals surface area contributed by atoms with Crippen LogP contribution >= 0.6 is 15.9 Å². The summed E-state index contributed by atoms with van der Waals surface area (Å²) in [5.41, 5.74) is 1.12. The molecule has 0 amide bonds. The van der Waals surface area contributed by atoms with Crippen molar-refractivity contribution in [3.8, 4) is 0 Å². The predicted octanol–water partition coefficient (Wildman–Crippen LogP) is 3.54. The van der Waals surface area contributed by atoms with Gasteiger partial charge in [-0.05, 0) is 30.5 Å². The Bertz CT molecular complexity index is 559. The molecule has 0 aliphatic heterocycles. The quantitative estimate of drug-likeness (QED) is 0.905. The van der Waals surface area contributed by atoms with Crippen LogP contribution in [0.15, 0.2) is 33.3 Å². The molecule has 0 bridgehead atoms. The van der Waals surface area contributed by atoms with Gasteiger partial charge < -0.3 is 9.63 Å². The molecule has 2 aromatic rings. The number of hydrogen-bond acceptors (Lipinski definition) is 4. The number of benzene rings is 1. The monoisotopic (exact) mass is 338 g/mol. The van der Waals surface area contributed by atoms with E-state index in [4.69, 9.17) is 4.52 Å². The standard InChI is InChI=1S/C15H19BrN2O2/c1-9(2)14(10(3)19)15-17-13(18-20-15)8-11-5-4-6-12(16)7-11/h4-7,9-10,14,19H,8H2,1-3H3. The number of nitrogens with zero attached hydrogens (tertiary/aromatic N) is 2. The van der Waals surface area contributed by atoms with Gasteiger partial charge in [-0.3, -0.25) is 0 Å². The zero-order valence-electron chi connectivity index (χ0n) is 11.9. The van der Waals surface area contributed by atoms with Crippen molar-refractivity contribution in [2.75, 3.05) is 0 Å². The first-order valence-corrected chi connectivity index (χ1v) is 7.51. The van der Waals surface area contributed by atoms with Crippen LogP contribution in [-0.4, -0.2) is 21.4 Å². The van der Waals surface area contributed by atoms with Crippen molar-refractivity contribution in [3.05, 3.63) is 46.0 Å². The second kappa shape index (κ2) is 6.50. The Balaban J connectivity index is 2.16. The molecule has 0 aliphatic rings. The number of aromatic nitrogens is 2. The first kappa shape index (κ1) is 15.2. The number of aliphatic hydroxyl groups is 1. The zero-order chi connectivity index (χ0) is 14.7. The Morgan fingerprint density at radius 1 is 1.30 bits per heavy atom. The summed E-state index contributed by atoms with van der Waals surface area (Å²) in [6, 6.07) is 8.01. The summed E-state index contributed by atoms with van der Waals surface area (Å²) in [5, 5.41) is 13.9. The number of halogens is 1. The summed E-state index contributed by atoms with van der Waals surface area (Å²) in [6.07, 6.45) is 0.113. The molecule has 2 unspecified atom stereocenters. The summed E-state index contributed by atoms with van der Waals surface area (Å²) in [4.78, 5) is 4.42. The van der Waals surface area contributed by atoms with Crippen LogP contribution in [0, 0.1) is 5.92 Å². The first-order valence-electron chi connectivity index (χ1n) is 6.72. The molecule has 0 aliphatic carbocycles. The first-order chi connectivity index (χ1) is 9.47. The van der Waals surface area contributed by atoms with Crippen LogP contribution in [0.2, 0.25) is 0 Å². The van der Waals surface area contributed by atoms with Crippen molar-refractivity contribution < 1.29 is 9.63 Å². The molecule has 20 heavy (non-hydrogen) atoms. The molecule has 108 valence electrons. The SMILES string of the molecule is CC(C)C(c1nc(Cc2cccc(Br)c2)no1)C(C)O. The highest BCUT2D eigenvalue weighted by Crippen LogP contribution is 2.27. The van der Waals surface area contributed by atoms with Gasteiger partial charge in [-0.15, -0.1) is 0 Å². The molecule has 0 fully saturated rings. The fourth-order valence-corrected chi connectivity index (χ4v) is 2.80. The van der Waals surface area contributed by atoms with E-state index in [9.17, 15) is 5.11 Å². The van der Waals surface area contributed by atoms with Gasteiger partial charge in [0.05, 0.1) is 12.0 Å². The van der Waals surface area contributed by atoms with Crippen LogP contribution < -0.4 is 0 Å². The van der Waals surface area contributed by atoms with Crippen LogP contribution in [0.3, 0.4) is 0 Å². The van der Waals surface area contributed by atoms with Gasteiger partial charge in [-0.1, -0.05) is 47.1 Å². The molecular weight excluding hydrogens is 320 g/mol.